The van der Waals surface area contributed by atoms with Gasteiger partial charge in [0.05, 0.1) is 18.2 Å². The van der Waals surface area contributed by atoms with Crippen molar-refractivity contribution >= 4 is 33.4 Å². The molecule has 1 N–H and O–H groups in total. The number of methoxy groups -OCH3 is 1. The number of nitrogens with one attached hydrogen (secondary N) is 1. The van der Waals surface area contributed by atoms with E-state index in [0.29, 0.717) is 30.4 Å². The molecule has 0 aromatic heterocycles. The lowest BCUT2D eigenvalue weighted by Crippen LogP contribution is -2.53. The van der Waals surface area contributed by atoms with Gasteiger partial charge >= 0.3 is 0 Å². The minimum absolute atomic E-state index is 0.154. The van der Waals surface area contributed by atoms with Crippen LogP contribution >= 0.6 is 27.5 Å². The molecule has 4 nitrogen and oxygen atoms in total. The summed E-state index contributed by atoms with van der Waals surface area (Å²) in [6, 6.07) is 5.30. The number of benzene rings is 1. The molecule has 1 aromatic rings. The van der Waals surface area contributed by atoms with Gasteiger partial charge in [0.1, 0.15) is 5.75 Å². The highest BCUT2D eigenvalue weighted by molar-refractivity contribution is 9.10. The van der Waals surface area contributed by atoms with Gasteiger partial charge in [0.2, 0.25) is 0 Å². The average molecular weight is 363 g/mol. The fourth-order valence-electron chi connectivity index (χ4n) is 2.17. The molecule has 1 amide bonds. The van der Waals surface area contributed by atoms with E-state index in [1.807, 2.05) is 0 Å². The van der Waals surface area contributed by atoms with Gasteiger partial charge in [-0.1, -0.05) is 0 Å². The Labute approximate surface area is 131 Å². The van der Waals surface area contributed by atoms with Crippen LogP contribution in [0.2, 0.25) is 0 Å². The molecule has 1 fully saturated rings. The van der Waals surface area contributed by atoms with Gasteiger partial charge in [-0.2, -0.15) is 0 Å². The van der Waals surface area contributed by atoms with Crippen LogP contribution in [0.4, 0.5) is 0 Å². The van der Waals surface area contributed by atoms with Crippen molar-refractivity contribution in [3.63, 3.8) is 0 Å². The van der Waals surface area contributed by atoms with E-state index in [1.165, 1.54) is 0 Å². The molecule has 0 radical (unpaired) electrons. The van der Waals surface area contributed by atoms with Crippen LogP contribution < -0.4 is 10.1 Å². The Morgan fingerprint density at radius 3 is 2.80 bits per heavy atom. The van der Waals surface area contributed by atoms with Crippen LogP contribution in [-0.4, -0.2) is 37.6 Å². The zero-order valence-electron chi connectivity index (χ0n) is 11.2. The van der Waals surface area contributed by atoms with Crippen molar-refractivity contribution in [1.82, 2.24) is 5.32 Å². The number of alkyl halides is 1. The fourth-order valence-corrected chi connectivity index (χ4v) is 2.93. The number of hydrogen-bond acceptors (Lipinski definition) is 3. The molecule has 0 aliphatic carbocycles. The Hall–Kier alpha value is -0.780. The zero-order valence-corrected chi connectivity index (χ0v) is 13.6. The van der Waals surface area contributed by atoms with Crippen LogP contribution in [0.1, 0.15) is 23.2 Å². The Kier molecular flexibility index (Phi) is 5.29. The number of carbonyl (C=O) groups excluding carboxylic acids is 1. The SMILES string of the molecule is COc1ccc(Br)c(C(=O)NC2(CCl)CCOCC2)c1. The molecule has 1 saturated heterocycles. The molecule has 1 heterocycles. The summed E-state index contributed by atoms with van der Waals surface area (Å²) in [7, 11) is 1.57. The standard InChI is InChI=1S/C14H17BrClNO3/c1-19-10-2-3-12(15)11(8-10)13(18)17-14(9-16)4-6-20-7-5-14/h2-3,8H,4-7,9H2,1H3,(H,17,18). The highest BCUT2D eigenvalue weighted by Crippen LogP contribution is 2.26. The van der Waals surface area contributed by atoms with E-state index >= 15 is 0 Å². The topological polar surface area (TPSA) is 47.6 Å². The molecule has 6 heteroatoms. The van der Waals surface area contributed by atoms with E-state index in [2.05, 4.69) is 21.2 Å². The van der Waals surface area contributed by atoms with E-state index in [-0.39, 0.29) is 11.4 Å². The summed E-state index contributed by atoms with van der Waals surface area (Å²) in [4.78, 5) is 12.5. The lowest BCUT2D eigenvalue weighted by molar-refractivity contribution is 0.0433. The van der Waals surface area contributed by atoms with E-state index in [9.17, 15) is 4.79 Å². The maximum absolute atomic E-state index is 12.5. The van der Waals surface area contributed by atoms with Crippen molar-refractivity contribution in [2.45, 2.75) is 18.4 Å². The molecule has 0 saturated carbocycles. The largest absolute Gasteiger partial charge is 0.497 e. The number of carbonyl (C=O) groups is 1. The van der Waals surface area contributed by atoms with Gasteiger partial charge in [0, 0.05) is 23.6 Å². The first-order valence-electron chi connectivity index (χ1n) is 6.40. The molecule has 1 aliphatic heterocycles. The third-order valence-electron chi connectivity index (χ3n) is 3.50. The normalized spacial score (nSPS) is 17.6. The van der Waals surface area contributed by atoms with Crippen LogP contribution in [0.25, 0.3) is 0 Å². The number of ether oxygens (including phenoxy) is 2. The van der Waals surface area contributed by atoms with Crippen molar-refractivity contribution in [2.24, 2.45) is 0 Å². The van der Waals surface area contributed by atoms with E-state index in [4.69, 9.17) is 21.1 Å². The number of rotatable bonds is 4. The molecule has 20 heavy (non-hydrogen) atoms. The van der Waals surface area contributed by atoms with Gasteiger partial charge in [-0.3, -0.25) is 4.79 Å². The Morgan fingerprint density at radius 1 is 1.50 bits per heavy atom. The van der Waals surface area contributed by atoms with Crippen LogP contribution in [0.15, 0.2) is 22.7 Å². The maximum atomic E-state index is 12.5. The fraction of sp³-hybridized carbons (Fsp3) is 0.500. The molecule has 2 rings (SSSR count). The van der Waals surface area contributed by atoms with Gasteiger partial charge in [0.15, 0.2) is 0 Å². The van der Waals surface area contributed by atoms with Crippen LogP contribution in [0, 0.1) is 0 Å². The number of amides is 1. The van der Waals surface area contributed by atoms with Gasteiger partial charge in [0.25, 0.3) is 5.91 Å². The molecular weight excluding hydrogens is 346 g/mol. The van der Waals surface area contributed by atoms with Gasteiger partial charge < -0.3 is 14.8 Å². The number of hydrogen-bond donors (Lipinski definition) is 1. The summed E-state index contributed by atoms with van der Waals surface area (Å²) >= 11 is 9.45. The van der Waals surface area contributed by atoms with Gasteiger partial charge in [-0.05, 0) is 47.0 Å². The van der Waals surface area contributed by atoms with Crippen LogP contribution in [0.5, 0.6) is 5.75 Å². The second kappa shape index (κ2) is 6.78. The Morgan fingerprint density at radius 2 is 2.20 bits per heavy atom. The smallest absolute Gasteiger partial charge is 0.253 e. The van der Waals surface area contributed by atoms with E-state index in [0.717, 1.165) is 17.3 Å². The van der Waals surface area contributed by atoms with Crippen molar-refractivity contribution in [1.29, 1.82) is 0 Å². The highest BCUT2D eigenvalue weighted by atomic mass is 79.9. The Bertz CT molecular complexity index is 489. The van der Waals surface area contributed by atoms with Gasteiger partial charge in [-0.25, -0.2) is 0 Å². The molecule has 1 aromatic carbocycles. The quantitative estimate of drug-likeness (QED) is 0.838. The summed E-state index contributed by atoms with van der Waals surface area (Å²) in [6.07, 6.45) is 1.45. The van der Waals surface area contributed by atoms with Crippen LogP contribution in [0.3, 0.4) is 0 Å². The van der Waals surface area contributed by atoms with E-state index < -0.39 is 0 Å². The number of halogens is 2. The molecule has 0 unspecified atom stereocenters. The molecule has 0 spiro atoms. The Balaban J connectivity index is 2.18. The molecule has 1 aliphatic rings. The molecule has 0 atom stereocenters. The molecular formula is C14H17BrClNO3. The first-order chi connectivity index (χ1) is 9.60. The average Bonchev–Trinajstić information content (AvgIpc) is 2.48. The van der Waals surface area contributed by atoms with Crippen molar-refractivity contribution < 1.29 is 14.3 Å². The summed E-state index contributed by atoms with van der Waals surface area (Å²) < 4.78 is 11.2. The minimum atomic E-state index is -0.389. The lowest BCUT2D eigenvalue weighted by atomic mass is 9.92. The van der Waals surface area contributed by atoms with Crippen LogP contribution in [-0.2, 0) is 4.74 Å². The maximum Gasteiger partial charge on any atom is 0.253 e. The highest BCUT2D eigenvalue weighted by Gasteiger charge is 2.34. The van der Waals surface area contributed by atoms with Crippen molar-refractivity contribution in [3.8, 4) is 5.75 Å². The first-order valence-corrected chi connectivity index (χ1v) is 7.73. The van der Waals surface area contributed by atoms with Crippen molar-refractivity contribution in [2.75, 3.05) is 26.2 Å². The summed E-state index contributed by atoms with van der Waals surface area (Å²) in [5, 5.41) is 3.05. The summed E-state index contributed by atoms with van der Waals surface area (Å²) in [5.74, 6) is 0.868. The first kappa shape index (κ1) is 15.6. The third-order valence-corrected chi connectivity index (χ3v) is 4.71. The van der Waals surface area contributed by atoms with Crippen molar-refractivity contribution in [3.05, 3.63) is 28.2 Å². The lowest BCUT2D eigenvalue weighted by Gasteiger charge is -2.36. The monoisotopic (exact) mass is 361 g/mol. The molecule has 110 valence electrons. The summed E-state index contributed by atoms with van der Waals surface area (Å²) in [6.45, 7) is 1.23. The minimum Gasteiger partial charge on any atom is -0.497 e. The molecule has 0 bridgehead atoms. The third kappa shape index (κ3) is 3.45. The zero-order chi connectivity index (χ0) is 14.6. The second-order valence-electron chi connectivity index (χ2n) is 4.83. The second-order valence-corrected chi connectivity index (χ2v) is 5.95. The summed E-state index contributed by atoms with van der Waals surface area (Å²) in [5.41, 5.74) is 0.152. The predicted molar refractivity (Wildman–Crippen MR) is 81.7 cm³/mol. The van der Waals surface area contributed by atoms with E-state index in [1.54, 1.807) is 25.3 Å². The van der Waals surface area contributed by atoms with Gasteiger partial charge in [-0.15, -0.1) is 11.6 Å². The predicted octanol–water partition coefficient (Wildman–Crippen LogP) is 2.98.